The highest BCUT2D eigenvalue weighted by molar-refractivity contribution is 7.99. The SMILES string of the molecule is Cc1ccnc(Sc2nccc(CN)c2Cl)n1. The Labute approximate surface area is 109 Å². The van der Waals surface area contributed by atoms with Crippen molar-refractivity contribution in [3.05, 3.63) is 40.8 Å². The minimum atomic E-state index is 0.392. The Balaban J connectivity index is 2.30. The zero-order valence-electron chi connectivity index (χ0n) is 9.22. The molecule has 2 aromatic rings. The van der Waals surface area contributed by atoms with E-state index in [9.17, 15) is 0 Å². The van der Waals surface area contributed by atoms with E-state index in [0.29, 0.717) is 21.7 Å². The number of aryl methyl sites for hydroxylation is 1. The van der Waals surface area contributed by atoms with Crippen LogP contribution in [0, 0.1) is 6.92 Å². The van der Waals surface area contributed by atoms with Crippen molar-refractivity contribution in [2.75, 3.05) is 0 Å². The fourth-order valence-electron chi connectivity index (χ4n) is 1.25. The van der Waals surface area contributed by atoms with E-state index in [1.54, 1.807) is 12.4 Å². The molecule has 0 aliphatic heterocycles. The predicted octanol–water partition coefficient (Wildman–Crippen LogP) is 2.44. The van der Waals surface area contributed by atoms with E-state index in [1.807, 2.05) is 19.1 Å². The highest BCUT2D eigenvalue weighted by atomic mass is 35.5. The first-order chi connectivity index (χ1) is 8.20. The molecule has 2 rings (SSSR count). The van der Waals surface area contributed by atoms with E-state index in [-0.39, 0.29) is 0 Å². The third kappa shape index (κ3) is 2.94. The summed E-state index contributed by atoms with van der Waals surface area (Å²) in [6.07, 6.45) is 3.40. The zero-order valence-corrected chi connectivity index (χ0v) is 10.8. The van der Waals surface area contributed by atoms with Gasteiger partial charge in [0.1, 0.15) is 5.03 Å². The molecule has 88 valence electrons. The number of hydrogen-bond donors (Lipinski definition) is 1. The molecule has 6 heteroatoms. The van der Waals surface area contributed by atoms with Crippen LogP contribution < -0.4 is 5.73 Å². The molecule has 0 radical (unpaired) electrons. The van der Waals surface area contributed by atoms with E-state index in [4.69, 9.17) is 17.3 Å². The maximum Gasteiger partial charge on any atom is 0.194 e. The van der Waals surface area contributed by atoms with E-state index >= 15 is 0 Å². The molecule has 0 atom stereocenters. The van der Waals surface area contributed by atoms with Crippen LogP contribution in [-0.2, 0) is 6.54 Å². The summed E-state index contributed by atoms with van der Waals surface area (Å²) in [5.41, 5.74) is 7.37. The van der Waals surface area contributed by atoms with Crippen LogP contribution in [0.4, 0.5) is 0 Å². The lowest BCUT2D eigenvalue weighted by atomic mass is 10.3. The molecule has 0 spiro atoms. The van der Waals surface area contributed by atoms with Gasteiger partial charge in [0.25, 0.3) is 0 Å². The molecule has 0 fully saturated rings. The number of halogens is 1. The first kappa shape index (κ1) is 12.3. The van der Waals surface area contributed by atoms with Crippen LogP contribution in [0.2, 0.25) is 5.02 Å². The molecule has 0 amide bonds. The van der Waals surface area contributed by atoms with Crippen molar-refractivity contribution in [3.63, 3.8) is 0 Å². The van der Waals surface area contributed by atoms with E-state index in [0.717, 1.165) is 11.3 Å². The average Bonchev–Trinajstić information content (AvgIpc) is 2.32. The van der Waals surface area contributed by atoms with Gasteiger partial charge in [-0.3, -0.25) is 0 Å². The van der Waals surface area contributed by atoms with Crippen LogP contribution in [0.15, 0.2) is 34.7 Å². The lowest BCUT2D eigenvalue weighted by Gasteiger charge is -2.05. The molecule has 4 nitrogen and oxygen atoms in total. The normalized spacial score (nSPS) is 10.5. The van der Waals surface area contributed by atoms with Gasteiger partial charge >= 0.3 is 0 Å². The Bertz CT molecular complexity index is 533. The molecule has 0 bridgehead atoms. The van der Waals surface area contributed by atoms with Crippen molar-refractivity contribution >= 4 is 23.4 Å². The van der Waals surface area contributed by atoms with E-state index in [1.165, 1.54) is 11.8 Å². The highest BCUT2D eigenvalue weighted by Gasteiger charge is 2.09. The topological polar surface area (TPSA) is 64.7 Å². The Kier molecular flexibility index (Phi) is 3.93. The van der Waals surface area contributed by atoms with Crippen molar-refractivity contribution in [3.8, 4) is 0 Å². The molecule has 2 aromatic heterocycles. The fraction of sp³-hybridized carbons (Fsp3) is 0.182. The van der Waals surface area contributed by atoms with Gasteiger partial charge < -0.3 is 5.73 Å². The van der Waals surface area contributed by atoms with Crippen LogP contribution >= 0.6 is 23.4 Å². The second-order valence-corrected chi connectivity index (χ2v) is 4.71. The smallest absolute Gasteiger partial charge is 0.194 e. The monoisotopic (exact) mass is 266 g/mol. The van der Waals surface area contributed by atoms with Crippen LogP contribution in [0.5, 0.6) is 0 Å². The quantitative estimate of drug-likeness (QED) is 0.865. The maximum atomic E-state index is 6.18. The molecule has 17 heavy (non-hydrogen) atoms. The largest absolute Gasteiger partial charge is 0.326 e. The summed E-state index contributed by atoms with van der Waals surface area (Å²) in [6.45, 7) is 2.31. The number of hydrogen-bond acceptors (Lipinski definition) is 5. The Hall–Kier alpha value is -1.17. The third-order valence-corrected chi connectivity index (χ3v) is 3.53. The molecule has 0 aliphatic rings. The third-order valence-electron chi connectivity index (χ3n) is 2.12. The van der Waals surface area contributed by atoms with Crippen molar-refractivity contribution in [2.45, 2.75) is 23.7 Å². The number of nitrogens with zero attached hydrogens (tertiary/aromatic N) is 3. The molecule has 0 aliphatic carbocycles. The summed E-state index contributed by atoms with van der Waals surface area (Å²) in [4.78, 5) is 12.6. The number of nitrogens with two attached hydrogens (primary N) is 1. The van der Waals surface area contributed by atoms with Crippen LogP contribution in [0.25, 0.3) is 0 Å². The van der Waals surface area contributed by atoms with Gasteiger partial charge in [-0.15, -0.1) is 0 Å². The Morgan fingerprint density at radius 3 is 2.76 bits per heavy atom. The molecule has 0 aromatic carbocycles. The van der Waals surface area contributed by atoms with Crippen LogP contribution in [-0.4, -0.2) is 15.0 Å². The summed E-state index contributed by atoms with van der Waals surface area (Å²) in [7, 11) is 0. The fourth-order valence-corrected chi connectivity index (χ4v) is 2.37. The van der Waals surface area contributed by atoms with Gasteiger partial charge in [0.05, 0.1) is 5.02 Å². The average molecular weight is 267 g/mol. The highest BCUT2D eigenvalue weighted by Crippen LogP contribution is 2.31. The standard InChI is InChI=1S/C11H11ClN4S/c1-7-2-4-15-11(16-7)17-10-9(12)8(6-13)3-5-14-10/h2-5H,6,13H2,1H3. The van der Waals surface area contributed by atoms with Crippen LogP contribution in [0.3, 0.4) is 0 Å². The van der Waals surface area contributed by atoms with Gasteiger partial charge in [-0.1, -0.05) is 11.6 Å². The zero-order chi connectivity index (χ0) is 12.3. The first-order valence-electron chi connectivity index (χ1n) is 5.01. The second kappa shape index (κ2) is 5.44. The summed E-state index contributed by atoms with van der Waals surface area (Å²) < 4.78 is 0. The Morgan fingerprint density at radius 1 is 1.29 bits per heavy atom. The minimum Gasteiger partial charge on any atom is -0.326 e. The molecular formula is C11H11ClN4S. The Morgan fingerprint density at radius 2 is 2.06 bits per heavy atom. The summed E-state index contributed by atoms with van der Waals surface area (Å²) in [6, 6.07) is 3.65. The number of pyridine rings is 1. The number of aromatic nitrogens is 3. The minimum absolute atomic E-state index is 0.392. The van der Waals surface area contributed by atoms with Crippen molar-refractivity contribution in [2.24, 2.45) is 5.73 Å². The van der Waals surface area contributed by atoms with Crippen molar-refractivity contribution in [1.82, 2.24) is 15.0 Å². The lowest BCUT2D eigenvalue weighted by Crippen LogP contribution is -1.99. The summed E-state index contributed by atoms with van der Waals surface area (Å²) >= 11 is 7.52. The molecule has 0 saturated heterocycles. The molecular weight excluding hydrogens is 256 g/mol. The van der Waals surface area contributed by atoms with Gasteiger partial charge in [-0.25, -0.2) is 15.0 Å². The van der Waals surface area contributed by atoms with Gasteiger partial charge in [0.15, 0.2) is 5.16 Å². The van der Waals surface area contributed by atoms with E-state index < -0.39 is 0 Å². The van der Waals surface area contributed by atoms with Gasteiger partial charge in [0.2, 0.25) is 0 Å². The van der Waals surface area contributed by atoms with Crippen molar-refractivity contribution in [1.29, 1.82) is 0 Å². The maximum absolute atomic E-state index is 6.18. The van der Waals surface area contributed by atoms with Gasteiger partial charge in [-0.05, 0) is 36.4 Å². The molecule has 2 N–H and O–H groups in total. The first-order valence-corrected chi connectivity index (χ1v) is 6.21. The lowest BCUT2D eigenvalue weighted by molar-refractivity contribution is 0.925. The molecule has 0 unspecified atom stereocenters. The predicted molar refractivity (Wildman–Crippen MR) is 68.0 cm³/mol. The summed E-state index contributed by atoms with van der Waals surface area (Å²) in [5, 5.41) is 1.89. The summed E-state index contributed by atoms with van der Waals surface area (Å²) in [5.74, 6) is 0. The van der Waals surface area contributed by atoms with Gasteiger partial charge in [0, 0.05) is 24.6 Å². The van der Waals surface area contributed by atoms with Crippen molar-refractivity contribution < 1.29 is 0 Å². The van der Waals surface area contributed by atoms with Crippen LogP contribution in [0.1, 0.15) is 11.3 Å². The number of rotatable bonds is 3. The molecule has 0 saturated carbocycles. The second-order valence-electron chi connectivity index (χ2n) is 3.38. The van der Waals surface area contributed by atoms with E-state index in [2.05, 4.69) is 15.0 Å². The molecule has 2 heterocycles. The van der Waals surface area contributed by atoms with Gasteiger partial charge in [-0.2, -0.15) is 0 Å².